The van der Waals surface area contributed by atoms with Crippen molar-refractivity contribution in [1.29, 1.82) is 0 Å². The largest absolute Gasteiger partial charge is 0.491 e. The van der Waals surface area contributed by atoms with Crippen LogP contribution in [0.25, 0.3) is 0 Å². The number of esters is 2. The van der Waals surface area contributed by atoms with Gasteiger partial charge in [-0.15, -0.1) is 0 Å². The summed E-state index contributed by atoms with van der Waals surface area (Å²) in [5.41, 5.74) is 0.155. The lowest BCUT2D eigenvalue weighted by atomic mass is 10.1. The maximum atomic E-state index is 12.5. The van der Waals surface area contributed by atoms with Crippen LogP contribution >= 0.6 is 0 Å². The van der Waals surface area contributed by atoms with Gasteiger partial charge in [-0.1, -0.05) is 13.8 Å². The second-order valence-electron chi connectivity index (χ2n) is 6.73. The Bertz CT molecular complexity index is 815. The third-order valence-corrected chi connectivity index (χ3v) is 4.28. The Hall–Kier alpha value is -3.07. The molecule has 0 bridgehead atoms. The van der Waals surface area contributed by atoms with E-state index in [1.54, 1.807) is 0 Å². The SMILES string of the molecule is COC(=O)C1=C(C(=O)OC)N(c2cc(C(=O)O)ccc2OCCC(C)C)COC1. The van der Waals surface area contributed by atoms with Crippen molar-refractivity contribution in [2.45, 2.75) is 20.3 Å². The minimum atomic E-state index is -1.14. The quantitative estimate of drug-likeness (QED) is 0.648. The van der Waals surface area contributed by atoms with Crippen LogP contribution in [0.4, 0.5) is 5.69 Å². The lowest BCUT2D eigenvalue weighted by Gasteiger charge is -2.32. The van der Waals surface area contributed by atoms with Crippen molar-refractivity contribution in [3.05, 3.63) is 35.0 Å². The molecule has 1 aliphatic heterocycles. The summed E-state index contributed by atoms with van der Waals surface area (Å²) in [7, 11) is 2.38. The molecule has 158 valence electrons. The standard InChI is InChI=1S/C20H25NO8/c1-12(2)7-8-29-16-6-5-13(18(22)23)9-15(16)21-11-28-10-14(19(24)26-3)17(21)20(25)27-4/h5-6,9,12H,7-8,10-11H2,1-4H3,(H,22,23). The van der Waals surface area contributed by atoms with Gasteiger partial charge in [0.25, 0.3) is 0 Å². The molecule has 0 unspecified atom stereocenters. The number of aromatic carboxylic acids is 1. The van der Waals surface area contributed by atoms with Crippen molar-refractivity contribution in [2.24, 2.45) is 5.92 Å². The van der Waals surface area contributed by atoms with Gasteiger partial charge in [-0.3, -0.25) is 0 Å². The van der Waals surface area contributed by atoms with Crippen LogP contribution in [-0.4, -0.2) is 57.2 Å². The zero-order chi connectivity index (χ0) is 21.6. The molecular weight excluding hydrogens is 382 g/mol. The number of carbonyl (C=O) groups excluding carboxylic acids is 2. The fraction of sp³-hybridized carbons (Fsp3) is 0.450. The summed E-state index contributed by atoms with van der Waals surface area (Å²) in [6, 6.07) is 4.28. The highest BCUT2D eigenvalue weighted by Crippen LogP contribution is 2.35. The first-order chi connectivity index (χ1) is 13.8. The average molecular weight is 407 g/mol. The number of methoxy groups -OCH3 is 2. The van der Waals surface area contributed by atoms with Gasteiger partial charge < -0.3 is 29.0 Å². The van der Waals surface area contributed by atoms with Crippen LogP contribution in [0.15, 0.2) is 29.5 Å². The van der Waals surface area contributed by atoms with Gasteiger partial charge in [-0.2, -0.15) is 0 Å². The van der Waals surface area contributed by atoms with E-state index in [2.05, 4.69) is 13.8 Å². The number of ether oxygens (including phenoxy) is 4. The number of carboxylic acid groups (broad SMARTS) is 1. The molecule has 9 heteroatoms. The van der Waals surface area contributed by atoms with Crippen molar-refractivity contribution in [3.8, 4) is 5.75 Å². The highest BCUT2D eigenvalue weighted by atomic mass is 16.5. The van der Waals surface area contributed by atoms with Crippen LogP contribution in [0.5, 0.6) is 5.75 Å². The second kappa shape index (κ2) is 9.92. The molecule has 9 nitrogen and oxygen atoms in total. The van der Waals surface area contributed by atoms with Gasteiger partial charge in [0.1, 0.15) is 18.2 Å². The van der Waals surface area contributed by atoms with E-state index in [4.69, 9.17) is 18.9 Å². The maximum absolute atomic E-state index is 12.5. The zero-order valence-electron chi connectivity index (χ0n) is 16.9. The van der Waals surface area contributed by atoms with Gasteiger partial charge in [0.15, 0.2) is 0 Å². The van der Waals surface area contributed by atoms with Gasteiger partial charge in [0.05, 0.1) is 44.3 Å². The molecule has 1 heterocycles. The number of rotatable bonds is 8. The van der Waals surface area contributed by atoms with Crippen molar-refractivity contribution < 1.29 is 38.4 Å². The monoisotopic (exact) mass is 407 g/mol. The molecular formula is C20H25NO8. The predicted molar refractivity (Wildman–Crippen MR) is 103 cm³/mol. The molecule has 2 rings (SSSR count). The first-order valence-electron chi connectivity index (χ1n) is 9.05. The number of carboxylic acids is 1. The summed E-state index contributed by atoms with van der Waals surface area (Å²) in [6.07, 6.45) is 0.781. The van der Waals surface area contributed by atoms with Crippen LogP contribution in [0, 0.1) is 5.92 Å². The average Bonchev–Trinajstić information content (AvgIpc) is 2.71. The van der Waals surface area contributed by atoms with Crippen LogP contribution in [0.1, 0.15) is 30.6 Å². The number of carbonyl (C=O) groups is 3. The third kappa shape index (κ3) is 5.26. The van der Waals surface area contributed by atoms with Crippen LogP contribution in [0.2, 0.25) is 0 Å². The lowest BCUT2D eigenvalue weighted by Crippen LogP contribution is -2.39. The van der Waals surface area contributed by atoms with E-state index in [-0.39, 0.29) is 35.9 Å². The van der Waals surface area contributed by atoms with Crippen molar-refractivity contribution in [3.63, 3.8) is 0 Å². The lowest BCUT2D eigenvalue weighted by molar-refractivity contribution is -0.140. The molecule has 1 N–H and O–H groups in total. The molecule has 1 aromatic rings. The van der Waals surface area contributed by atoms with E-state index >= 15 is 0 Å². The van der Waals surface area contributed by atoms with Gasteiger partial charge in [0.2, 0.25) is 0 Å². The summed E-state index contributed by atoms with van der Waals surface area (Å²) in [5, 5.41) is 9.38. The Morgan fingerprint density at radius 3 is 2.45 bits per heavy atom. The van der Waals surface area contributed by atoms with Crippen molar-refractivity contribution in [1.82, 2.24) is 0 Å². The minimum Gasteiger partial charge on any atom is -0.491 e. The smallest absolute Gasteiger partial charge is 0.355 e. The Kier molecular flexibility index (Phi) is 7.60. The maximum Gasteiger partial charge on any atom is 0.355 e. The van der Waals surface area contributed by atoms with Gasteiger partial charge >= 0.3 is 17.9 Å². The number of benzene rings is 1. The fourth-order valence-electron chi connectivity index (χ4n) is 2.72. The Morgan fingerprint density at radius 1 is 1.17 bits per heavy atom. The number of nitrogens with zero attached hydrogens (tertiary/aromatic N) is 1. The van der Waals surface area contributed by atoms with Crippen LogP contribution in [-0.2, 0) is 23.8 Å². The van der Waals surface area contributed by atoms with Crippen molar-refractivity contribution >= 4 is 23.6 Å². The van der Waals surface area contributed by atoms with E-state index in [1.165, 1.54) is 37.3 Å². The summed E-state index contributed by atoms with van der Waals surface area (Å²) in [5.74, 6) is -1.90. The van der Waals surface area contributed by atoms with E-state index in [0.717, 1.165) is 6.42 Å². The van der Waals surface area contributed by atoms with Crippen LogP contribution < -0.4 is 9.64 Å². The van der Waals surface area contributed by atoms with Crippen LogP contribution in [0.3, 0.4) is 0 Å². The number of hydrogen-bond donors (Lipinski definition) is 1. The van der Waals surface area contributed by atoms with Crippen molar-refractivity contribution in [2.75, 3.05) is 39.1 Å². The van der Waals surface area contributed by atoms with E-state index in [0.29, 0.717) is 18.3 Å². The first-order valence-corrected chi connectivity index (χ1v) is 9.05. The minimum absolute atomic E-state index is 0.00869. The highest BCUT2D eigenvalue weighted by Gasteiger charge is 2.34. The molecule has 0 fully saturated rings. The molecule has 0 aliphatic carbocycles. The molecule has 29 heavy (non-hydrogen) atoms. The van der Waals surface area contributed by atoms with E-state index in [9.17, 15) is 19.5 Å². The van der Waals surface area contributed by atoms with Gasteiger partial charge in [0, 0.05) is 0 Å². The summed E-state index contributed by atoms with van der Waals surface area (Å²) < 4.78 is 20.9. The summed E-state index contributed by atoms with van der Waals surface area (Å²) in [6.45, 7) is 4.26. The molecule has 1 aromatic carbocycles. The zero-order valence-corrected chi connectivity index (χ0v) is 16.9. The molecule has 0 saturated heterocycles. The Balaban J connectivity index is 2.57. The molecule has 0 spiro atoms. The normalized spacial score (nSPS) is 14.0. The molecule has 0 amide bonds. The molecule has 0 atom stereocenters. The predicted octanol–water partition coefficient (Wildman–Crippen LogP) is 2.20. The van der Waals surface area contributed by atoms with Gasteiger partial charge in [-0.25, -0.2) is 14.4 Å². The topological polar surface area (TPSA) is 112 Å². The Morgan fingerprint density at radius 2 is 1.86 bits per heavy atom. The van der Waals surface area contributed by atoms with E-state index in [1.807, 2.05) is 0 Å². The molecule has 0 saturated carbocycles. The molecule has 0 radical (unpaired) electrons. The summed E-state index contributed by atoms with van der Waals surface area (Å²) in [4.78, 5) is 37.5. The highest BCUT2D eigenvalue weighted by molar-refractivity contribution is 6.04. The second-order valence-corrected chi connectivity index (χ2v) is 6.73. The Labute approximate surface area is 168 Å². The third-order valence-electron chi connectivity index (χ3n) is 4.28. The first kappa shape index (κ1) is 22.2. The number of anilines is 1. The summed E-state index contributed by atoms with van der Waals surface area (Å²) >= 11 is 0. The number of hydrogen-bond acceptors (Lipinski definition) is 8. The fourth-order valence-corrected chi connectivity index (χ4v) is 2.72. The molecule has 0 aromatic heterocycles. The van der Waals surface area contributed by atoms with Gasteiger partial charge in [-0.05, 0) is 30.5 Å². The van der Waals surface area contributed by atoms with E-state index < -0.39 is 17.9 Å². The molecule has 1 aliphatic rings.